The van der Waals surface area contributed by atoms with E-state index in [9.17, 15) is 13.2 Å². The first-order valence-corrected chi connectivity index (χ1v) is 10.5. The summed E-state index contributed by atoms with van der Waals surface area (Å²) in [5, 5.41) is -0.536. The fourth-order valence-electron chi connectivity index (χ4n) is 3.47. The average Bonchev–Trinajstić information content (AvgIpc) is 2.69. The number of morpholine rings is 1. The first kappa shape index (κ1) is 19.3. The van der Waals surface area contributed by atoms with Gasteiger partial charge in [-0.2, -0.15) is 4.31 Å². The number of sulfonamides is 1. The van der Waals surface area contributed by atoms with E-state index in [-0.39, 0.29) is 12.5 Å². The van der Waals surface area contributed by atoms with Crippen LogP contribution < -0.4 is 0 Å². The van der Waals surface area contributed by atoms with Crippen LogP contribution in [-0.2, 0) is 26.1 Å². The molecule has 1 amide bonds. The summed E-state index contributed by atoms with van der Waals surface area (Å²) in [5.74, 6) is -0.115. The lowest BCUT2D eigenvalue weighted by molar-refractivity contribution is 0.0686. The highest BCUT2D eigenvalue weighted by Crippen LogP contribution is 2.23. The molecule has 2 aliphatic heterocycles. The highest BCUT2D eigenvalue weighted by Gasteiger charge is 2.37. The van der Waals surface area contributed by atoms with E-state index in [1.54, 1.807) is 24.1 Å². The van der Waals surface area contributed by atoms with Gasteiger partial charge in [0.1, 0.15) is 0 Å². The molecule has 2 saturated heterocycles. The predicted octanol–water partition coefficient (Wildman–Crippen LogP) is 1.10. The van der Waals surface area contributed by atoms with Crippen molar-refractivity contribution < 1.29 is 22.7 Å². The molecule has 1 aromatic rings. The van der Waals surface area contributed by atoms with E-state index in [0.717, 1.165) is 5.56 Å². The van der Waals surface area contributed by atoms with Gasteiger partial charge in [0.15, 0.2) is 0 Å². The van der Waals surface area contributed by atoms with Crippen molar-refractivity contribution in [1.29, 1.82) is 0 Å². The zero-order chi connectivity index (χ0) is 18.6. The second-order valence-electron chi connectivity index (χ2n) is 6.70. The molecule has 0 unspecified atom stereocenters. The van der Waals surface area contributed by atoms with E-state index in [1.807, 2.05) is 12.1 Å². The van der Waals surface area contributed by atoms with Crippen molar-refractivity contribution in [2.75, 3.05) is 46.5 Å². The Balaban J connectivity index is 1.68. The third kappa shape index (κ3) is 4.25. The van der Waals surface area contributed by atoms with Crippen molar-refractivity contribution in [3.8, 4) is 0 Å². The number of ether oxygens (including phenoxy) is 2. The Kier molecular flexibility index (Phi) is 6.29. The van der Waals surface area contributed by atoms with E-state index in [1.165, 1.54) is 4.31 Å². The van der Waals surface area contributed by atoms with Crippen LogP contribution in [0.3, 0.4) is 0 Å². The van der Waals surface area contributed by atoms with Crippen LogP contribution in [0.25, 0.3) is 0 Å². The zero-order valence-electron chi connectivity index (χ0n) is 15.1. The molecule has 0 aliphatic carbocycles. The number of carbonyl (C=O) groups is 1. The molecule has 0 bridgehead atoms. The summed E-state index contributed by atoms with van der Waals surface area (Å²) in [6.45, 7) is 3.00. The lowest BCUT2D eigenvalue weighted by atomic mass is 10.1. The minimum absolute atomic E-state index is 0.115. The van der Waals surface area contributed by atoms with Crippen LogP contribution >= 0.6 is 0 Å². The topological polar surface area (TPSA) is 76.2 Å². The lowest BCUT2D eigenvalue weighted by Crippen LogP contribution is -2.51. The maximum absolute atomic E-state index is 12.9. The first-order valence-electron chi connectivity index (χ1n) is 8.96. The molecule has 26 heavy (non-hydrogen) atoms. The highest BCUT2D eigenvalue weighted by molar-refractivity contribution is 7.89. The number of methoxy groups -OCH3 is 1. The molecular formula is C18H26N2O5S. The van der Waals surface area contributed by atoms with Gasteiger partial charge >= 0.3 is 0 Å². The number of carbonyl (C=O) groups excluding carboxylic acids is 1. The van der Waals surface area contributed by atoms with E-state index < -0.39 is 15.3 Å². The summed E-state index contributed by atoms with van der Waals surface area (Å²) in [7, 11) is -1.78. The number of rotatable bonds is 5. The molecular weight excluding hydrogens is 356 g/mol. The maximum atomic E-state index is 12.9. The molecule has 144 valence electrons. The van der Waals surface area contributed by atoms with Gasteiger partial charge in [0.25, 0.3) is 5.91 Å². The number of hydrogen-bond donors (Lipinski definition) is 0. The maximum Gasteiger partial charge on any atom is 0.253 e. The lowest BCUT2D eigenvalue weighted by Gasteiger charge is -2.36. The largest absolute Gasteiger partial charge is 0.380 e. The summed E-state index contributed by atoms with van der Waals surface area (Å²) in [5.41, 5.74) is 1.57. The zero-order valence-corrected chi connectivity index (χ0v) is 15.9. The van der Waals surface area contributed by atoms with Crippen LogP contribution in [0, 0.1) is 0 Å². The number of benzene rings is 1. The molecule has 0 saturated carbocycles. The Labute approximate surface area is 154 Å². The van der Waals surface area contributed by atoms with Crippen LogP contribution in [0.15, 0.2) is 24.3 Å². The van der Waals surface area contributed by atoms with Gasteiger partial charge in [-0.05, 0) is 30.5 Å². The van der Waals surface area contributed by atoms with Gasteiger partial charge in [-0.25, -0.2) is 8.42 Å². The van der Waals surface area contributed by atoms with Crippen molar-refractivity contribution in [3.05, 3.63) is 35.4 Å². The third-order valence-corrected chi connectivity index (χ3v) is 7.24. The molecule has 0 radical (unpaired) electrons. The Morgan fingerprint density at radius 1 is 1.19 bits per heavy atom. The minimum Gasteiger partial charge on any atom is -0.380 e. The van der Waals surface area contributed by atoms with Crippen LogP contribution in [0.5, 0.6) is 0 Å². The highest BCUT2D eigenvalue weighted by atomic mass is 32.2. The number of amides is 1. The number of piperidine rings is 1. The second kappa shape index (κ2) is 8.47. The van der Waals surface area contributed by atoms with Gasteiger partial charge in [-0.3, -0.25) is 4.79 Å². The van der Waals surface area contributed by atoms with Crippen molar-refractivity contribution in [2.24, 2.45) is 0 Å². The monoisotopic (exact) mass is 382 g/mol. The van der Waals surface area contributed by atoms with Crippen molar-refractivity contribution in [2.45, 2.75) is 24.7 Å². The SMILES string of the molecule is COCc1ccc(C(=O)N2CCC[C@H](S(=O)(=O)N3CCOCC3)C2)cc1. The molecule has 1 atom stereocenters. The minimum atomic E-state index is -3.40. The Bertz CT molecular complexity index is 714. The van der Waals surface area contributed by atoms with Crippen molar-refractivity contribution in [3.63, 3.8) is 0 Å². The average molecular weight is 382 g/mol. The van der Waals surface area contributed by atoms with E-state index >= 15 is 0 Å². The van der Waals surface area contributed by atoms with Crippen LogP contribution in [0.1, 0.15) is 28.8 Å². The van der Waals surface area contributed by atoms with Gasteiger partial charge in [0.2, 0.25) is 10.0 Å². The number of likely N-dealkylation sites (tertiary alicyclic amines) is 1. The summed E-state index contributed by atoms with van der Waals surface area (Å²) < 4.78 is 37.6. The van der Waals surface area contributed by atoms with Crippen LogP contribution in [-0.4, -0.2) is 75.3 Å². The van der Waals surface area contributed by atoms with Crippen molar-refractivity contribution in [1.82, 2.24) is 9.21 Å². The van der Waals surface area contributed by atoms with Crippen molar-refractivity contribution >= 4 is 15.9 Å². The summed E-state index contributed by atoms with van der Waals surface area (Å²) in [4.78, 5) is 14.4. The fourth-order valence-corrected chi connectivity index (χ4v) is 5.38. The molecule has 0 aromatic heterocycles. The first-order chi connectivity index (χ1) is 12.5. The molecule has 1 aromatic carbocycles. The predicted molar refractivity (Wildman–Crippen MR) is 97.4 cm³/mol. The van der Waals surface area contributed by atoms with Gasteiger partial charge in [-0.15, -0.1) is 0 Å². The normalized spacial score (nSPS) is 22.3. The Hall–Kier alpha value is -1.48. The second-order valence-corrected chi connectivity index (χ2v) is 8.91. The van der Waals surface area contributed by atoms with Gasteiger partial charge < -0.3 is 14.4 Å². The Morgan fingerprint density at radius 3 is 2.54 bits per heavy atom. The summed E-state index contributed by atoms with van der Waals surface area (Å²) in [6, 6.07) is 7.28. The molecule has 2 aliphatic rings. The smallest absolute Gasteiger partial charge is 0.253 e. The number of nitrogens with zero attached hydrogens (tertiary/aromatic N) is 2. The molecule has 7 nitrogen and oxygen atoms in total. The standard InChI is InChI=1S/C18H26N2O5S/c1-24-14-15-4-6-16(7-5-15)18(21)19-8-2-3-17(13-19)26(22,23)20-9-11-25-12-10-20/h4-7,17H,2-3,8-14H2,1H3/t17-/m0/s1. The quantitative estimate of drug-likeness (QED) is 0.762. The molecule has 2 heterocycles. The van der Waals surface area contributed by atoms with Gasteiger partial charge in [0.05, 0.1) is 25.1 Å². The van der Waals surface area contributed by atoms with Gasteiger partial charge in [-0.1, -0.05) is 12.1 Å². The van der Waals surface area contributed by atoms with E-state index in [0.29, 0.717) is 57.9 Å². The summed E-state index contributed by atoms with van der Waals surface area (Å²) >= 11 is 0. The van der Waals surface area contributed by atoms with Crippen LogP contribution in [0.2, 0.25) is 0 Å². The van der Waals surface area contributed by atoms with Crippen LogP contribution in [0.4, 0.5) is 0 Å². The molecule has 8 heteroatoms. The summed E-state index contributed by atoms with van der Waals surface area (Å²) in [6.07, 6.45) is 1.29. The molecule has 2 fully saturated rings. The molecule has 0 N–H and O–H groups in total. The Morgan fingerprint density at radius 2 is 1.88 bits per heavy atom. The van der Waals surface area contributed by atoms with E-state index in [4.69, 9.17) is 9.47 Å². The third-order valence-electron chi connectivity index (χ3n) is 4.93. The van der Waals surface area contributed by atoms with Gasteiger partial charge in [0, 0.05) is 38.9 Å². The fraction of sp³-hybridized carbons (Fsp3) is 0.611. The number of hydrogen-bond acceptors (Lipinski definition) is 5. The molecule has 3 rings (SSSR count). The van der Waals surface area contributed by atoms with E-state index in [2.05, 4.69) is 0 Å². The molecule has 0 spiro atoms.